The first-order chi connectivity index (χ1) is 19.8. The van der Waals surface area contributed by atoms with Gasteiger partial charge >= 0.3 is 6.09 Å². The number of ether oxygens (including phenoxy) is 1. The molecule has 41 heavy (non-hydrogen) atoms. The van der Waals surface area contributed by atoms with Crippen molar-refractivity contribution in [1.29, 1.82) is 0 Å². The van der Waals surface area contributed by atoms with Gasteiger partial charge in [0.1, 0.15) is 6.61 Å². The first-order valence-electron chi connectivity index (χ1n) is 14.5. The number of benzene rings is 3. The lowest BCUT2D eigenvalue weighted by atomic mass is 9.94. The second kappa shape index (κ2) is 14.6. The van der Waals surface area contributed by atoms with Crippen LogP contribution >= 0.6 is 0 Å². The van der Waals surface area contributed by atoms with Crippen LogP contribution in [0.15, 0.2) is 95.9 Å². The smallest absolute Gasteiger partial charge is 0.410 e. The fraction of sp³-hybridized carbons (Fsp3) is 0.424. The molecule has 1 amide bonds. The van der Waals surface area contributed by atoms with E-state index in [1.54, 1.807) is 31.3 Å². The third-order valence-corrected chi connectivity index (χ3v) is 9.75. The molecule has 0 aliphatic carbocycles. The van der Waals surface area contributed by atoms with Gasteiger partial charge in [-0.1, -0.05) is 78.9 Å². The summed E-state index contributed by atoms with van der Waals surface area (Å²) in [5.74, 6) is 0.0672. The van der Waals surface area contributed by atoms with Crippen molar-refractivity contribution in [3.63, 3.8) is 0 Å². The maximum absolute atomic E-state index is 13.2. The Labute approximate surface area is 245 Å². The highest BCUT2D eigenvalue weighted by Crippen LogP contribution is 2.26. The summed E-state index contributed by atoms with van der Waals surface area (Å²) in [6.45, 7) is 7.41. The zero-order valence-electron chi connectivity index (χ0n) is 24.4. The van der Waals surface area contributed by atoms with Gasteiger partial charge in [-0.05, 0) is 68.8 Å². The summed E-state index contributed by atoms with van der Waals surface area (Å²) in [7, 11) is -1.90. The second-order valence-corrected chi connectivity index (χ2v) is 13.2. The Morgan fingerprint density at radius 2 is 1.46 bits per heavy atom. The Balaban J connectivity index is 1.33. The number of carbonyl (C=O) groups is 1. The number of sulfonamides is 1. The number of likely N-dealkylation sites (tertiary alicyclic amines) is 1. The van der Waals surface area contributed by atoms with Crippen molar-refractivity contribution in [2.75, 3.05) is 33.2 Å². The van der Waals surface area contributed by atoms with E-state index in [4.69, 9.17) is 4.74 Å². The molecule has 4 rings (SSSR count). The predicted molar refractivity (Wildman–Crippen MR) is 163 cm³/mol. The first kappa shape index (κ1) is 30.8. The number of rotatable bonds is 12. The number of hydrogen-bond acceptors (Lipinski definition) is 5. The summed E-state index contributed by atoms with van der Waals surface area (Å²) in [6.07, 6.45) is 2.36. The van der Waals surface area contributed by atoms with Gasteiger partial charge in [-0.15, -0.1) is 0 Å². The van der Waals surface area contributed by atoms with Crippen LogP contribution in [0.5, 0.6) is 0 Å². The van der Waals surface area contributed by atoms with Crippen molar-refractivity contribution in [1.82, 2.24) is 14.1 Å². The monoisotopic (exact) mass is 577 g/mol. The summed E-state index contributed by atoms with van der Waals surface area (Å²) >= 11 is 0. The van der Waals surface area contributed by atoms with E-state index in [-0.39, 0.29) is 30.7 Å². The molecule has 8 heteroatoms. The van der Waals surface area contributed by atoms with E-state index in [2.05, 4.69) is 17.0 Å². The third-order valence-electron chi connectivity index (χ3n) is 7.92. The SMILES string of the molecule is CC(C)N(C(=O)OCc1ccccc1)C1CCN(CCC(CN(C)S(=O)(=O)c2ccccc2)c2ccccc2)CC1. The van der Waals surface area contributed by atoms with Crippen molar-refractivity contribution >= 4 is 16.1 Å². The maximum atomic E-state index is 13.2. The van der Waals surface area contributed by atoms with Gasteiger partial charge in [0.25, 0.3) is 0 Å². The number of hydrogen-bond donors (Lipinski definition) is 0. The molecule has 1 fully saturated rings. The van der Waals surface area contributed by atoms with Crippen LogP contribution in [0.3, 0.4) is 0 Å². The molecule has 0 aromatic heterocycles. The van der Waals surface area contributed by atoms with E-state index in [1.165, 1.54) is 4.31 Å². The van der Waals surface area contributed by atoms with Gasteiger partial charge in [0.2, 0.25) is 10.0 Å². The molecular formula is C33H43N3O4S. The van der Waals surface area contributed by atoms with Crippen LogP contribution in [-0.2, 0) is 21.4 Å². The molecule has 1 aliphatic heterocycles. The summed E-state index contributed by atoms with van der Waals surface area (Å²) in [5.41, 5.74) is 2.12. The molecule has 0 saturated carbocycles. The van der Waals surface area contributed by atoms with Gasteiger partial charge in [-0.25, -0.2) is 17.5 Å². The Morgan fingerprint density at radius 3 is 2.05 bits per heavy atom. The van der Waals surface area contributed by atoms with Crippen LogP contribution in [0.25, 0.3) is 0 Å². The number of piperidine rings is 1. The van der Waals surface area contributed by atoms with Crippen LogP contribution in [0.1, 0.15) is 50.2 Å². The van der Waals surface area contributed by atoms with Crippen molar-refractivity contribution < 1.29 is 17.9 Å². The van der Waals surface area contributed by atoms with Crippen molar-refractivity contribution in [2.24, 2.45) is 0 Å². The van der Waals surface area contributed by atoms with Gasteiger partial charge in [-0.3, -0.25) is 0 Å². The molecule has 1 heterocycles. The number of likely N-dealkylation sites (N-methyl/N-ethyl adjacent to an activating group) is 1. The molecule has 1 atom stereocenters. The van der Waals surface area contributed by atoms with Crippen LogP contribution in [0, 0.1) is 0 Å². The summed E-state index contributed by atoms with van der Waals surface area (Å²) in [4.78, 5) is 17.7. The zero-order valence-corrected chi connectivity index (χ0v) is 25.2. The van der Waals surface area contributed by atoms with Crippen LogP contribution in [-0.4, -0.2) is 73.9 Å². The van der Waals surface area contributed by atoms with E-state index in [0.717, 1.165) is 50.0 Å². The molecule has 7 nitrogen and oxygen atoms in total. The van der Waals surface area contributed by atoms with Crippen LogP contribution < -0.4 is 0 Å². The van der Waals surface area contributed by atoms with Crippen LogP contribution in [0.2, 0.25) is 0 Å². The normalized spacial score (nSPS) is 15.6. The van der Waals surface area contributed by atoms with Crippen molar-refractivity contribution in [3.05, 3.63) is 102 Å². The minimum Gasteiger partial charge on any atom is -0.445 e. The lowest BCUT2D eigenvalue weighted by molar-refractivity contribution is 0.0467. The lowest BCUT2D eigenvalue weighted by Gasteiger charge is -2.40. The van der Waals surface area contributed by atoms with Gasteiger partial charge in [0.15, 0.2) is 0 Å². The summed E-state index contributed by atoms with van der Waals surface area (Å²) < 4.78 is 33.6. The van der Waals surface area contributed by atoms with E-state index >= 15 is 0 Å². The topological polar surface area (TPSA) is 70.2 Å². The molecule has 0 N–H and O–H groups in total. The van der Waals surface area contributed by atoms with Gasteiger partial charge < -0.3 is 14.5 Å². The van der Waals surface area contributed by atoms with E-state index in [1.807, 2.05) is 73.3 Å². The van der Waals surface area contributed by atoms with E-state index in [9.17, 15) is 13.2 Å². The molecule has 3 aromatic rings. The van der Waals surface area contributed by atoms with E-state index < -0.39 is 10.0 Å². The second-order valence-electron chi connectivity index (χ2n) is 11.1. The lowest BCUT2D eigenvalue weighted by Crippen LogP contribution is -2.50. The Bertz CT molecular complexity index is 1310. The maximum Gasteiger partial charge on any atom is 0.410 e. The Hall–Kier alpha value is -3.20. The standard InChI is InChI=1S/C33H43N3O4S/c1-27(2)36(33(37)40-26-28-13-7-4-8-14-28)31-20-23-35(24-21-31)22-19-30(29-15-9-5-10-16-29)25-34(3)41(38,39)32-17-11-6-12-18-32/h4-18,27,30-31H,19-26H2,1-3H3. The number of carbonyl (C=O) groups excluding carboxylic acids is 1. The Morgan fingerprint density at radius 1 is 0.902 bits per heavy atom. The molecule has 220 valence electrons. The van der Waals surface area contributed by atoms with Gasteiger partial charge in [0.05, 0.1) is 4.90 Å². The quantitative estimate of drug-likeness (QED) is 0.264. The third kappa shape index (κ3) is 8.41. The largest absolute Gasteiger partial charge is 0.445 e. The summed E-state index contributed by atoms with van der Waals surface area (Å²) in [5, 5.41) is 0. The van der Waals surface area contributed by atoms with Gasteiger partial charge in [-0.2, -0.15) is 0 Å². The summed E-state index contributed by atoms with van der Waals surface area (Å²) in [6, 6.07) is 28.8. The predicted octanol–water partition coefficient (Wildman–Crippen LogP) is 5.99. The molecule has 3 aromatic carbocycles. The number of amides is 1. The Kier molecular flexibility index (Phi) is 11.0. The zero-order chi connectivity index (χ0) is 29.2. The highest BCUT2D eigenvalue weighted by molar-refractivity contribution is 7.89. The number of nitrogens with zero attached hydrogens (tertiary/aromatic N) is 3. The minimum atomic E-state index is -3.57. The fourth-order valence-corrected chi connectivity index (χ4v) is 6.84. The van der Waals surface area contributed by atoms with E-state index in [0.29, 0.717) is 11.4 Å². The van der Waals surface area contributed by atoms with Gasteiger partial charge in [0, 0.05) is 38.8 Å². The molecule has 1 aliphatic rings. The van der Waals surface area contributed by atoms with Crippen molar-refractivity contribution in [2.45, 2.75) is 62.6 Å². The average molecular weight is 578 g/mol. The van der Waals surface area contributed by atoms with Crippen LogP contribution in [0.4, 0.5) is 4.79 Å². The fourth-order valence-electron chi connectivity index (χ4n) is 5.60. The molecule has 0 bridgehead atoms. The highest BCUT2D eigenvalue weighted by atomic mass is 32.2. The molecule has 0 spiro atoms. The van der Waals surface area contributed by atoms with Crippen molar-refractivity contribution in [3.8, 4) is 0 Å². The first-order valence-corrected chi connectivity index (χ1v) is 16.0. The highest BCUT2D eigenvalue weighted by Gasteiger charge is 2.31. The average Bonchev–Trinajstić information content (AvgIpc) is 3.00. The molecule has 1 saturated heterocycles. The molecule has 0 radical (unpaired) electrons. The minimum absolute atomic E-state index is 0.0550. The molecular weight excluding hydrogens is 534 g/mol. The molecule has 1 unspecified atom stereocenters.